The zero-order valence-electron chi connectivity index (χ0n) is 21.9. The van der Waals surface area contributed by atoms with Crippen LogP contribution in [0.4, 0.5) is 0 Å². The van der Waals surface area contributed by atoms with Gasteiger partial charge in [-0.1, -0.05) is 105 Å². The maximum absolute atomic E-state index is 11.4. The monoisotopic (exact) mass is 518 g/mol. The van der Waals surface area contributed by atoms with Crippen molar-refractivity contribution < 1.29 is 19.4 Å². The highest BCUT2D eigenvalue weighted by Gasteiger charge is 2.42. The molecule has 0 radical (unpaired) electrons. The van der Waals surface area contributed by atoms with Crippen molar-refractivity contribution in [2.24, 2.45) is 5.92 Å². The van der Waals surface area contributed by atoms with Gasteiger partial charge in [0.05, 0.1) is 17.2 Å². The van der Waals surface area contributed by atoms with Gasteiger partial charge in [0, 0.05) is 17.4 Å². The van der Waals surface area contributed by atoms with Gasteiger partial charge in [0.1, 0.15) is 5.75 Å². The van der Waals surface area contributed by atoms with Crippen LogP contribution in [0.1, 0.15) is 74.5 Å². The Kier molecular flexibility index (Phi) is 8.11. The molecular weight excluding hydrogens is 484 g/mol. The smallest absolute Gasteiger partial charge is 0.341 e. The van der Waals surface area contributed by atoms with Crippen molar-refractivity contribution in [3.8, 4) is 5.75 Å². The van der Waals surface area contributed by atoms with Crippen LogP contribution >= 0.6 is 11.6 Å². The Labute approximate surface area is 224 Å². The van der Waals surface area contributed by atoms with Crippen LogP contribution in [-0.4, -0.2) is 17.7 Å². The van der Waals surface area contributed by atoms with Gasteiger partial charge in [0.25, 0.3) is 0 Å². The van der Waals surface area contributed by atoms with Crippen LogP contribution in [0.25, 0.3) is 0 Å². The van der Waals surface area contributed by atoms with Crippen molar-refractivity contribution in [1.82, 2.24) is 0 Å². The predicted molar refractivity (Wildman–Crippen MR) is 148 cm³/mol. The van der Waals surface area contributed by atoms with Crippen LogP contribution < -0.4 is 4.74 Å². The molecule has 1 aliphatic rings. The van der Waals surface area contributed by atoms with Gasteiger partial charge in [0.2, 0.25) is 0 Å². The van der Waals surface area contributed by atoms with Crippen LogP contribution in [0.2, 0.25) is 5.02 Å². The molecule has 1 N–H and O–H groups in total. The SMILES string of the molecule is C=C(C)[C@H]1C[C@H](c2ccccc2)[C@H](c2ccccc2)O[C@@H]1c1cc(C(C)(C)C)cc(Cl)c1OCC(=O)O. The van der Waals surface area contributed by atoms with E-state index in [2.05, 4.69) is 69.8 Å². The van der Waals surface area contributed by atoms with E-state index in [0.717, 1.165) is 28.7 Å². The Morgan fingerprint density at radius 2 is 1.62 bits per heavy atom. The van der Waals surface area contributed by atoms with Gasteiger partial charge in [-0.25, -0.2) is 4.79 Å². The second kappa shape index (κ2) is 11.1. The van der Waals surface area contributed by atoms with Crippen LogP contribution in [0, 0.1) is 5.92 Å². The number of carboxylic acids is 1. The van der Waals surface area contributed by atoms with E-state index in [4.69, 9.17) is 21.1 Å². The fraction of sp³-hybridized carbons (Fsp3) is 0.344. The Morgan fingerprint density at radius 3 is 2.16 bits per heavy atom. The van der Waals surface area contributed by atoms with Gasteiger partial charge in [-0.2, -0.15) is 0 Å². The molecular formula is C32H35ClO4. The molecule has 3 aromatic carbocycles. The molecule has 4 atom stereocenters. The predicted octanol–water partition coefficient (Wildman–Crippen LogP) is 8.28. The summed E-state index contributed by atoms with van der Waals surface area (Å²) in [7, 11) is 0. The lowest BCUT2D eigenvalue weighted by atomic mass is 9.73. The van der Waals surface area contributed by atoms with Gasteiger partial charge in [-0.15, -0.1) is 0 Å². The summed E-state index contributed by atoms with van der Waals surface area (Å²) in [4.78, 5) is 11.4. The zero-order valence-corrected chi connectivity index (χ0v) is 22.7. The van der Waals surface area contributed by atoms with E-state index in [-0.39, 0.29) is 23.4 Å². The molecule has 0 saturated carbocycles. The zero-order chi connectivity index (χ0) is 26.7. The lowest BCUT2D eigenvalue weighted by Gasteiger charge is -2.43. The third kappa shape index (κ3) is 6.08. The molecule has 194 valence electrons. The number of hydrogen-bond acceptors (Lipinski definition) is 3. The van der Waals surface area contributed by atoms with Crippen LogP contribution in [-0.2, 0) is 14.9 Å². The summed E-state index contributed by atoms with van der Waals surface area (Å²) in [5.41, 5.74) is 4.92. The summed E-state index contributed by atoms with van der Waals surface area (Å²) < 4.78 is 12.8. The first-order valence-corrected chi connectivity index (χ1v) is 13.0. The minimum atomic E-state index is -1.06. The topological polar surface area (TPSA) is 55.8 Å². The summed E-state index contributed by atoms with van der Waals surface area (Å²) in [6, 6.07) is 24.6. The molecule has 0 aromatic heterocycles. The number of rotatable bonds is 7. The molecule has 5 heteroatoms. The third-order valence-electron chi connectivity index (χ3n) is 7.11. The Morgan fingerprint density at radius 1 is 1.03 bits per heavy atom. The molecule has 1 heterocycles. The molecule has 0 amide bonds. The standard InChI is InChI=1S/C32H35ClO4/c1-20(2)24-18-25(21-12-8-6-9-13-21)29(22-14-10-7-11-15-22)37-30(24)26-16-23(32(3,4)5)17-27(33)31(26)36-19-28(34)35/h6-17,24-25,29-30H,1,18-19H2,2-5H3,(H,34,35)/t24-,25-,29+,30+/m1/s1. The number of halogens is 1. The van der Waals surface area contributed by atoms with Crippen molar-refractivity contribution in [2.45, 2.75) is 57.7 Å². The highest BCUT2D eigenvalue weighted by Crippen LogP contribution is 2.54. The number of benzene rings is 3. The van der Waals surface area contributed by atoms with Crippen LogP contribution in [0.5, 0.6) is 5.75 Å². The van der Waals surface area contributed by atoms with Gasteiger partial charge < -0.3 is 14.6 Å². The lowest BCUT2D eigenvalue weighted by molar-refractivity contribution is -0.139. The number of hydrogen-bond donors (Lipinski definition) is 1. The van der Waals surface area contributed by atoms with Crippen molar-refractivity contribution >= 4 is 17.6 Å². The fourth-order valence-corrected chi connectivity index (χ4v) is 5.41. The van der Waals surface area contributed by atoms with E-state index in [9.17, 15) is 9.90 Å². The summed E-state index contributed by atoms with van der Waals surface area (Å²) in [5.74, 6) is -0.609. The average molecular weight is 519 g/mol. The molecule has 1 aliphatic heterocycles. The molecule has 4 nitrogen and oxygen atoms in total. The summed E-state index contributed by atoms with van der Waals surface area (Å²) in [5, 5.41) is 9.71. The summed E-state index contributed by atoms with van der Waals surface area (Å²) >= 11 is 6.75. The van der Waals surface area contributed by atoms with E-state index in [1.807, 2.05) is 37.3 Å². The molecule has 1 fully saturated rings. The number of carboxylic acid groups (broad SMARTS) is 1. The first kappa shape index (κ1) is 27.0. The summed E-state index contributed by atoms with van der Waals surface area (Å²) in [6.45, 7) is 12.2. The van der Waals surface area contributed by atoms with Crippen molar-refractivity contribution in [2.75, 3.05) is 6.61 Å². The largest absolute Gasteiger partial charge is 0.480 e. The molecule has 0 unspecified atom stereocenters. The second-order valence-corrected chi connectivity index (χ2v) is 11.3. The molecule has 0 spiro atoms. The molecule has 0 aliphatic carbocycles. The molecule has 37 heavy (non-hydrogen) atoms. The molecule has 4 rings (SSSR count). The van der Waals surface area contributed by atoms with Crippen LogP contribution in [0.3, 0.4) is 0 Å². The van der Waals surface area contributed by atoms with Gasteiger partial charge in [-0.3, -0.25) is 0 Å². The lowest BCUT2D eigenvalue weighted by Crippen LogP contribution is -2.32. The quantitative estimate of drug-likeness (QED) is 0.320. The number of carbonyl (C=O) groups is 1. The fourth-order valence-electron chi connectivity index (χ4n) is 5.13. The van der Waals surface area contributed by atoms with Crippen molar-refractivity contribution in [3.05, 3.63) is 112 Å². The molecule has 0 bridgehead atoms. The minimum absolute atomic E-state index is 0.0244. The Balaban J connectivity index is 1.87. The van der Waals surface area contributed by atoms with Crippen LogP contribution in [0.15, 0.2) is 84.9 Å². The first-order chi connectivity index (χ1) is 17.6. The maximum Gasteiger partial charge on any atom is 0.341 e. The number of aliphatic carboxylic acids is 1. The highest BCUT2D eigenvalue weighted by molar-refractivity contribution is 6.32. The highest BCUT2D eigenvalue weighted by atomic mass is 35.5. The average Bonchev–Trinajstić information content (AvgIpc) is 2.87. The van der Waals surface area contributed by atoms with E-state index in [1.54, 1.807) is 0 Å². The Bertz CT molecular complexity index is 1250. The second-order valence-electron chi connectivity index (χ2n) is 10.9. The van der Waals surface area contributed by atoms with Gasteiger partial charge in [0.15, 0.2) is 6.61 Å². The molecule has 1 saturated heterocycles. The van der Waals surface area contributed by atoms with Gasteiger partial charge >= 0.3 is 5.97 Å². The van der Waals surface area contributed by atoms with Crippen molar-refractivity contribution in [1.29, 1.82) is 0 Å². The first-order valence-electron chi connectivity index (χ1n) is 12.7. The van der Waals surface area contributed by atoms with E-state index in [0.29, 0.717) is 10.8 Å². The number of ether oxygens (including phenoxy) is 2. The van der Waals surface area contributed by atoms with Gasteiger partial charge in [-0.05, 0) is 47.6 Å². The van der Waals surface area contributed by atoms with E-state index >= 15 is 0 Å². The van der Waals surface area contributed by atoms with E-state index in [1.165, 1.54) is 5.56 Å². The Hall–Kier alpha value is -3.08. The maximum atomic E-state index is 11.4. The van der Waals surface area contributed by atoms with E-state index < -0.39 is 18.7 Å². The normalized spacial score (nSPS) is 21.9. The minimum Gasteiger partial charge on any atom is -0.480 e. The summed E-state index contributed by atoms with van der Waals surface area (Å²) in [6.07, 6.45) is 0.194. The third-order valence-corrected chi connectivity index (χ3v) is 7.39. The molecule has 3 aromatic rings. The van der Waals surface area contributed by atoms with Crippen molar-refractivity contribution in [3.63, 3.8) is 0 Å².